The molecule has 4 nitrogen and oxygen atoms in total. The number of phenolic OH excluding ortho intramolecular Hbond substituents is 1. The van der Waals surface area contributed by atoms with Crippen LogP contribution in [0.3, 0.4) is 0 Å². The zero-order chi connectivity index (χ0) is 42.7. The quantitative estimate of drug-likeness (QED) is 0.131. The molecule has 1 heterocycles. The summed E-state index contributed by atoms with van der Waals surface area (Å²) in [6.45, 7) is 13.8. The number of phenols is 1. The van der Waals surface area contributed by atoms with Crippen molar-refractivity contribution in [1.29, 1.82) is 0 Å². The molecule has 7 aromatic carbocycles. The van der Waals surface area contributed by atoms with Crippen LogP contribution >= 0.6 is 0 Å². The maximum Gasteiger partial charge on any atom is 2.00 e. The van der Waals surface area contributed by atoms with E-state index in [1.54, 1.807) is 6.07 Å². The molecule has 0 radical (unpaired) electrons. The third kappa shape index (κ3) is 9.32. The zero-order valence-electron chi connectivity index (χ0n) is 36.3. The molecule has 0 aliphatic heterocycles. The minimum absolute atomic E-state index is 0. The van der Waals surface area contributed by atoms with Gasteiger partial charge in [0.1, 0.15) is 5.75 Å². The molecule has 0 aliphatic rings. The predicted octanol–water partition coefficient (Wildman–Crippen LogP) is 15.9. The molecule has 0 saturated heterocycles. The third-order valence-electron chi connectivity index (χ3n) is 12.1. The van der Waals surface area contributed by atoms with Gasteiger partial charge in [0.25, 0.3) is 0 Å². The van der Waals surface area contributed by atoms with Crippen molar-refractivity contribution in [3.63, 3.8) is 0 Å². The fourth-order valence-electron chi connectivity index (χ4n) is 7.88. The third-order valence-corrected chi connectivity index (χ3v) is 12.1. The summed E-state index contributed by atoms with van der Waals surface area (Å²) in [7, 11) is 0. The van der Waals surface area contributed by atoms with Gasteiger partial charge in [-0.2, -0.15) is 0 Å². The van der Waals surface area contributed by atoms with E-state index in [1.807, 2.05) is 54.7 Å². The van der Waals surface area contributed by atoms with E-state index in [2.05, 4.69) is 168 Å². The fraction of sp³-hybridized carbons (Fsp3) is 0.175. The van der Waals surface area contributed by atoms with Crippen molar-refractivity contribution >= 4 is 17.1 Å². The Balaban J connectivity index is 0.00000578. The maximum absolute atomic E-state index is 11.1. The van der Waals surface area contributed by atoms with E-state index in [1.165, 1.54) is 16.7 Å². The van der Waals surface area contributed by atoms with Gasteiger partial charge in [0.2, 0.25) is 0 Å². The van der Waals surface area contributed by atoms with Crippen LogP contribution < -0.4 is 4.90 Å². The second kappa shape index (κ2) is 18.4. The van der Waals surface area contributed by atoms with Crippen molar-refractivity contribution in [2.45, 2.75) is 65.3 Å². The topological polar surface area (TPSA) is 60.2 Å². The van der Waals surface area contributed by atoms with E-state index in [4.69, 9.17) is 4.98 Å². The maximum atomic E-state index is 11.1. The van der Waals surface area contributed by atoms with Crippen LogP contribution in [0, 0.1) is 6.07 Å². The molecule has 1 aromatic heterocycles. The number of pyridine rings is 1. The summed E-state index contributed by atoms with van der Waals surface area (Å²) in [6, 6.07) is 62.2. The molecule has 0 saturated carbocycles. The monoisotopic (exact) mass is 990 g/mol. The number of nitrogens with zero attached hydrogens (tertiary/aromatic N) is 2. The first-order chi connectivity index (χ1) is 29.4. The molecule has 62 heavy (non-hydrogen) atoms. The van der Waals surface area contributed by atoms with Gasteiger partial charge in [0.05, 0.1) is 6.54 Å². The van der Waals surface area contributed by atoms with Gasteiger partial charge in [-0.25, -0.2) is 0 Å². The number of nitrogens with one attached hydrogen (secondary N) is 1. The molecule has 0 bridgehead atoms. The molecule has 0 atom stereocenters. The molecular weight excluding hydrogens is 938 g/mol. The molecular formula is C57H53N3OPt. The largest absolute Gasteiger partial charge is 2.00 e. The van der Waals surface area contributed by atoms with E-state index in [-0.39, 0.29) is 37.6 Å². The Morgan fingerprint density at radius 1 is 0.565 bits per heavy atom. The zero-order valence-corrected chi connectivity index (χ0v) is 38.6. The smallest absolute Gasteiger partial charge is 0.703 e. The predicted molar refractivity (Wildman–Crippen MR) is 257 cm³/mol. The van der Waals surface area contributed by atoms with Crippen LogP contribution in [0.1, 0.15) is 64.7 Å². The normalized spacial score (nSPS) is 11.5. The number of rotatable bonds is 11. The van der Waals surface area contributed by atoms with Gasteiger partial charge < -0.3 is 15.7 Å². The number of aromatic hydroxyl groups is 1. The van der Waals surface area contributed by atoms with Gasteiger partial charge in [-0.1, -0.05) is 180 Å². The SMILES string of the molecule is CCC(C)(C)c1ccc(N(Cc2ccccc2O)c2cccc(-c3[c-]c(-c4cc(-c5ccc(-c6ccccc6)cc5)ccn4)cc(C(C)(C)C)c3)c2[NH-])c(-c2ccccc2)c1.[Pt+2]. The summed E-state index contributed by atoms with van der Waals surface area (Å²) < 4.78 is 0. The van der Waals surface area contributed by atoms with Crippen molar-refractivity contribution in [2.24, 2.45) is 0 Å². The number of para-hydroxylation sites is 1. The first kappa shape index (κ1) is 43.9. The summed E-state index contributed by atoms with van der Waals surface area (Å²) in [5.74, 6) is 0.220. The number of aromatic nitrogens is 1. The summed E-state index contributed by atoms with van der Waals surface area (Å²) >= 11 is 0. The number of hydrogen-bond donors (Lipinski definition) is 1. The average Bonchev–Trinajstić information content (AvgIpc) is 3.29. The van der Waals surface area contributed by atoms with Crippen LogP contribution in [0.25, 0.3) is 61.5 Å². The number of hydrogen-bond acceptors (Lipinski definition) is 3. The van der Waals surface area contributed by atoms with Crippen molar-refractivity contribution in [1.82, 2.24) is 4.98 Å². The minimum atomic E-state index is -0.182. The Morgan fingerprint density at radius 3 is 1.84 bits per heavy atom. The van der Waals surface area contributed by atoms with Gasteiger partial charge in [0.15, 0.2) is 0 Å². The molecule has 0 amide bonds. The molecule has 0 unspecified atom stereocenters. The summed E-state index contributed by atoms with van der Waals surface area (Å²) in [5.41, 5.74) is 25.1. The second-order valence-electron chi connectivity index (χ2n) is 17.6. The van der Waals surface area contributed by atoms with Crippen molar-refractivity contribution in [3.8, 4) is 61.5 Å². The Hall–Kier alpha value is -6.22. The van der Waals surface area contributed by atoms with Crippen LogP contribution in [0.4, 0.5) is 17.1 Å². The molecule has 312 valence electrons. The van der Waals surface area contributed by atoms with Crippen molar-refractivity contribution < 1.29 is 26.2 Å². The van der Waals surface area contributed by atoms with Crippen LogP contribution in [-0.4, -0.2) is 10.1 Å². The fourth-order valence-corrected chi connectivity index (χ4v) is 7.88. The van der Waals surface area contributed by atoms with E-state index < -0.39 is 0 Å². The van der Waals surface area contributed by atoms with Crippen molar-refractivity contribution in [3.05, 3.63) is 205 Å². The molecule has 8 aromatic rings. The Labute approximate surface area is 382 Å². The minimum Gasteiger partial charge on any atom is -0.703 e. The van der Waals surface area contributed by atoms with E-state index >= 15 is 0 Å². The van der Waals surface area contributed by atoms with E-state index in [0.717, 1.165) is 73.6 Å². The van der Waals surface area contributed by atoms with Gasteiger partial charge in [-0.15, -0.1) is 35.0 Å². The van der Waals surface area contributed by atoms with Gasteiger partial charge in [0, 0.05) is 34.4 Å². The van der Waals surface area contributed by atoms with Gasteiger partial charge in [-0.05, 0) is 81.0 Å². The Morgan fingerprint density at radius 2 is 1.18 bits per heavy atom. The van der Waals surface area contributed by atoms with Crippen LogP contribution in [0.5, 0.6) is 5.75 Å². The van der Waals surface area contributed by atoms with Crippen molar-refractivity contribution in [2.75, 3.05) is 4.90 Å². The van der Waals surface area contributed by atoms with Crippen LogP contribution in [-0.2, 0) is 38.4 Å². The van der Waals surface area contributed by atoms with Gasteiger partial charge in [-0.3, -0.25) is 4.98 Å². The summed E-state index contributed by atoms with van der Waals surface area (Å²) in [5, 5.41) is 11.1. The second-order valence-corrected chi connectivity index (χ2v) is 17.6. The Kier molecular flexibility index (Phi) is 13.0. The van der Waals surface area contributed by atoms with E-state index in [9.17, 15) is 10.8 Å². The average molecular weight is 991 g/mol. The molecule has 0 aliphatic carbocycles. The standard InChI is InChI=1S/C57H53N3O.Pt/c1-7-57(5,6)47-29-30-52(50(37-47)42-19-12-9-13-20-42)60(38-44-21-14-15-24-54(44)61)53-23-16-22-49(55(53)58)45-33-46(35-48(34-45)56(2,3)4)51-36-43(31-32-59-51)41-27-25-40(26-28-41)39-17-10-8-11-18-39;/h8-32,34-37,58,61H,7,38H2,1-6H3;/q-2;+2. The summed E-state index contributed by atoms with van der Waals surface area (Å²) in [4.78, 5) is 7.07. The molecule has 8 rings (SSSR count). The molecule has 2 N–H and O–H groups in total. The molecule has 0 fully saturated rings. The van der Waals surface area contributed by atoms with Crippen LogP contribution in [0.2, 0.25) is 0 Å². The van der Waals surface area contributed by atoms with E-state index in [0.29, 0.717) is 12.2 Å². The molecule has 5 heteroatoms. The number of benzene rings is 7. The first-order valence-electron chi connectivity index (χ1n) is 21.2. The van der Waals surface area contributed by atoms with Crippen LogP contribution in [0.15, 0.2) is 176 Å². The molecule has 0 spiro atoms. The summed E-state index contributed by atoms with van der Waals surface area (Å²) in [6.07, 6.45) is 2.87. The Bertz CT molecular complexity index is 2790. The first-order valence-corrected chi connectivity index (χ1v) is 21.2. The van der Waals surface area contributed by atoms with Gasteiger partial charge >= 0.3 is 21.1 Å². The number of anilines is 2.